The molecule has 0 spiro atoms. The molecule has 77 valence electrons. The predicted molar refractivity (Wildman–Crippen MR) is 48.9 cm³/mol. The van der Waals surface area contributed by atoms with Gasteiger partial charge in [-0.1, -0.05) is 0 Å². The Morgan fingerprint density at radius 1 is 1.14 bits per heavy atom. The van der Waals surface area contributed by atoms with E-state index in [4.69, 9.17) is 25.8 Å². The van der Waals surface area contributed by atoms with Gasteiger partial charge < -0.3 is 19.4 Å². The maximum atomic E-state index is 11.2. The second kappa shape index (κ2) is 4.23. The van der Waals surface area contributed by atoms with Gasteiger partial charge in [-0.25, -0.2) is 0 Å². The van der Waals surface area contributed by atoms with Crippen molar-refractivity contribution in [3.05, 3.63) is 16.6 Å². The first kappa shape index (κ1) is 10.7. The summed E-state index contributed by atoms with van der Waals surface area (Å²) < 4.78 is 15.1. The first-order valence-electron chi connectivity index (χ1n) is 3.66. The molecule has 0 N–H and O–H groups in total. The van der Waals surface area contributed by atoms with Crippen LogP contribution in [0.3, 0.4) is 0 Å². The van der Waals surface area contributed by atoms with E-state index in [-0.39, 0.29) is 22.4 Å². The summed E-state index contributed by atoms with van der Waals surface area (Å²) in [5.74, 6) is 0.510. The largest absolute Gasteiger partial charge is 0.617 e. The molecule has 0 aliphatic carbocycles. The Balaban J connectivity index is 3.42. The first-order chi connectivity index (χ1) is 6.65. The Kier molecular flexibility index (Phi) is 3.24. The highest BCUT2D eigenvalue weighted by atomic mass is 35.5. The summed E-state index contributed by atoms with van der Waals surface area (Å²) in [6.45, 7) is 0. The van der Waals surface area contributed by atoms with Crippen LogP contribution in [0.15, 0.2) is 0 Å². The number of hydrogen-bond donors (Lipinski definition) is 0. The van der Waals surface area contributed by atoms with Gasteiger partial charge >= 0.3 is 11.3 Å². The third-order valence-corrected chi connectivity index (χ3v) is 1.92. The van der Waals surface area contributed by atoms with Gasteiger partial charge in [0.05, 0.1) is 21.3 Å². The topological polar surface area (TPSA) is 54.6 Å². The van der Waals surface area contributed by atoms with Crippen molar-refractivity contribution in [2.75, 3.05) is 21.3 Å². The molecule has 0 fully saturated rings. The van der Waals surface area contributed by atoms with Crippen LogP contribution in [0.4, 0.5) is 0 Å². The van der Waals surface area contributed by atoms with Crippen molar-refractivity contribution in [1.82, 2.24) is 0 Å². The number of aromatic nitrogens is 1. The van der Waals surface area contributed by atoms with Crippen LogP contribution >= 0.6 is 11.6 Å². The number of hydrogen-bond acceptors (Lipinski definition) is 4. The van der Waals surface area contributed by atoms with E-state index in [0.29, 0.717) is 4.73 Å². The van der Waals surface area contributed by atoms with Crippen LogP contribution in [0.2, 0.25) is 5.15 Å². The van der Waals surface area contributed by atoms with Gasteiger partial charge in [0, 0.05) is 0 Å². The second-order valence-corrected chi connectivity index (χ2v) is 2.65. The summed E-state index contributed by atoms with van der Waals surface area (Å²) in [6, 6.07) is 0. The normalized spacial score (nSPS) is 9.71. The first-order valence-corrected chi connectivity index (χ1v) is 4.03. The van der Waals surface area contributed by atoms with E-state index in [2.05, 4.69) is 6.20 Å². The molecule has 0 saturated carbocycles. The van der Waals surface area contributed by atoms with Crippen molar-refractivity contribution < 1.29 is 18.9 Å². The molecule has 1 radical (unpaired) electrons. The summed E-state index contributed by atoms with van der Waals surface area (Å²) in [5.41, 5.74) is 0. The van der Waals surface area contributed by atoms with Gasteiger partial charge in [-0.3, -0.25) is 0 Å². The molecule has 1 aromatic rings. The smallest absolute Gasteiger partial charge is 0.341 e. The van der Waals surface area contributed by atoms with Crippen LogP contribution in [0.5, 0.6) is 17.2 Å². The van der Waals surface area contributed by atoms with Crippen LogP contribution < -0.4 is 18.9 Å². The Morgan fingerprint density at radius 2 is 1.71 bits per heavy atom. The van der Waals surface area contributed by atoms with Crippen molar-refractivity contribution in [2.45, 2.75) is 0 Å². The van der Waals surface area contributed by atoms with Crippen LogP contribution in [0.25, 0.3) is 0 Å². The predicted octanol–water partition coefficient (Wildman–Crippen LogP) is 0.799. The molecule has 0 unspecified atom stereocenters. The van der Waals surface area contributed by atoms with Gasteiger partial charge in [-0.2, -0.15) is 0 Å². The maximum absolute atomic E-state index is 11.2. The molecule has 1 aromatic heterocycles. The average molecular weight is 219 g/mol. The molecule has 6 heteroatoms. The zero-order valence-electron chi connectivity index (χ0n) is 7.96. The lowest BCUT2D eigenvalue weighted by Gasteiger charge is -2.11. The third-order valence-electron chi connectivity index (χ3n) is 1.59. The fourth-order valence-electron chi connectivity index (χ4n) is 0.982. The van der Waals surface area contributed by atoms with E-state index in [9.17, 15) is 5.21 Å². The zero-order chi connectivity index (χ0) is 10.7. The van der Waals surface area contributed by atoms with E-state index in [1.54, 1.807) is 0 Å². The molecular formula is C8H9ClNO4. The molecule has 14 heavy (non-hydrogen) atoms. The Hall–Kier alpha value is -1.36. The van der Waals surface area contributed by atoms with Crippen molar-refractivity contribution in [3.8, 4) is 17.2 Å². The molecule has 0 atom stereocenters. The molecule has 1 rings (SSSR count). The minimum Gasteiger partial charge on any atom is -0.617 e. The molecule has 0 saturated heterocycles. The monoisotopic (exact) mass is 218 g/mol. The Bertz CT molecular complexity index is 343. The van der Waals surface area contributed by atoms with Crippen LogP contribution in [0, 0.1) is 11.4 Å². The summed E-state index contributed by atoms with van der Waals surface area (Å²) in [4.78, 5) is 0. The Labute approximate surface area is 86.3 Å². The summed E-state index contributed by atoms with van der Waals surface area (Å²) in [6.07, 6.45) is 2.32. The highest BCUT2D eigenvalue weighted by Gasteiger charge is 2.24. The number of halogens is 1. The summed E-state index contributed by atoms with van der Waals surface area (Å²) in [5, 5.41) is 11.0. The van der Waals surface area contributed by atoms with Crippen molar-refractivity contribution in [3.63, 3.8) is 0 Å². The molecule has 0 amide bonds. The third kappa shape index (κ3) is 1.63. The molecular weight excluding hydrogens is 210 g/mol. The zero-order valence-corrected chi connectivity index (χ0v) is 8.71. The minimum absolute atomic E-state index is 0.125. The van der Waals surface area contributed by atoms with E-state index in [0.717, 1.165) is 0 Å². The molecule has 0 aliphatic heterocycles. The van der Waals surface area contributed by atoms with Crippen molar-refractivity contribution in [2.24, 2.45) is 0 Å². The van der Waals surface area contributed by atoms with Gasteiger partial charge in [0.2, 0.25) is 11.5 Å². The second-order valence-electron chi connectivity index (χ2n) is 2.30. The Morgan fingerprint density at radius 3 is 2.14 bits per heavy atom. The number of methoxy groups -OCH3 is 3. The number of ether oxygens (including phenoxy) is 3. The SMILES string of the molecule is COc1[c][n+]([O-])c(Cl)c(OC)c1OC. The molecule has 0 aromatic carbocycles. The number of nitrogens with zero attached hydrogens (tertiary/aromatic N) is 1. The highest BCUT2D eigenvalue weighted by molar-refractivity contribution is 6.30. The lowest BCUT2D eigenvalue weighted by Crippen LogP contribution is -2.28. The quantitative estimate of drug-likeness (QED) is 0.428. The fourth-order valence-corrected chi connectivity index (χ4v) is 1.19. The highest BCUT2D eigenvalue weighted by Crippen LogP contribution is 2.38. The van der Waals surface area contributed by atoms with E-state index in [1.165, 1.54) is 21.3 Å². The van der Waals surface area contributed by atoms with E-state index >= 15 is 0 Å². The lowest BCUT2D eigenvalue weighted by atomic mass is 10.4. The van der Waals surface area contributed by atoms with E-state index < -0.39 is 0 Å². The van der Waals surface area contributed by atoms with Gasteiger partial charge in [0.15, 0.2) is 0 Å². The fraction of sp³-hybridized carbons (Fsp3) is 0.375. The van der Waals surface area contributed by atoms with Gasteiger partial charge in [-0.15, -0.1) is 4.73 Å². The standard InChI is InChI=1S/C8H9ClNO4/c1-12-5-4-10(11)8(9)7(14-3)6(5)13-2/h1-3H3. The maximum Gasteiger partial charge on any atom is 0.341 e. The summed E-state index contributed by atoms with van der Waals surface area (Å²) >= 11 is 5.66. The minimum atomic E-state index is -0.148. The molecule has 1 heterocycles. The molecule has 0 aliphatic rings. The summed E-state index contributed by atoms with van der Waals surface area (Å²) in [7, 11) is 4.19. The van der Waals surface area contributed by atoms with E-state index in [1.807, 2.05) is 0 Å². The van der Waals surface area contributed by atoms with Crippen LogP contribution in [-0.4, -0.2) is 21.3 Å². The van der Waals surface area contributed by atoms with Gasteiger partial charge in [-0.05, 0) is 11.6 Å². The van der Waals surface area contributed by atoms with Crippen LogP contribution in [-0.2, 0) is 0 Å². The van der Waals surface area contributed by atoms with Gasteiger partial charge in [0.25, 0.3) is 5.75 Å². The van der Waals surface area contributed by atoms with Crippen molar-refractivity contribution in [1.29, 1.82) is 0 Å². The number of pyridine rings is 1. The molecule has 0 bridgehead atoms. The average Bonchev–Trinajstić information content (AvgIpc) is 2.20. The number of rotatable bonds is 3. The lowest BCUT2D eigenvalue weighted by molar-refractivity contribution is -0.608. The van der Waals surface area contributed by atoms with Gasteiger partial charge in [0.1, 0.15) is 0 Å². The van der Waals surface area contributed by atoms with Crippen molar-refractivity contribution >= 4 is 11.6 Å². The van der Waals surface area contributed by atoms with Crippen LogP contribution in [0.1, 0.15) is 0 Å². The molecule has 5 nitrogen and oxygen atoms in total.